The van der Waals surface area contributed by atoms with Gasteiger partial charge in [0.2, 0.25) is 0 Å². The van der Waals surface area contributed by atoms with E-state index >= 15 is 0 Å². The van der Waals surface area contributed by atoms with E-state index in [1.807, 2.05) is 12.1 Å². The Morgan fingerprint density at radius 2 is 1.97 bits per heavy atom. The molecular formula is C22H22ClN5O3. The molecule has 2 heterocycles. The van der Waals surface area contributed by atoms with Crippen molar-refractivity contribution in [3.05, 3.63) is 63.0 Å². The van der Waals surface area contributed by atoms with Crippen molar-refractivity contribution in [2.75, 3.05) is 20.2 Å². The van der Waals surface area contributed by atoms with E-state index in [-0.39, 0.29) is 11.7 Å². The average molecular weight is 440 g/mol. The van der Waals surface area contributed by atoms with Gasteiger partial charge >= 0.3 is 11.7 Å². The van der Waals surface area contributed by atoms with E-state index in [0.29, 0.717) is 54.3 Å². The fraction of sp³-hybridized carbons (Fsp3) is 0.318. The fourth-order valence-corrected chi connectivity index (χ4v) is 4.47. The Bertz CT molecular complexity index is 1250. The minimum Gasteiger partial charge on any atom is -0.495 e. The van der Waals surface area contributed by atoms with Crippen molar-refractivity contribution in [1.82, 2.24) is 14.0 Å². The molecule has 3 aromatic rings. The molecule has 1 fully saturated rings. The highest BCUT2D eigenvalue weighted by Gasteiger charge is 2.26. The summed E-state index contributed by atoms with van der Waals surface area (Å²) in [6, 6.07) is 12.3. The number of hydrogen-bond donors (Lipinski definition) is 1. The first kappa shape index (κ1) is 20.8. The maximum atomic E-state index is 13.5. The molecular weight excluding hydrogens is 418 g/mol. The maximum absolute atomic E-state index is 13.5. The van der Waals surface area contributed by atoms with E-state index in [9.17, 15) is 14.9 Å². The average Bonchev–Trinajstić information content (AvgIpc) is 3.04. The summed E-state index contributed by atoms with van der Waals surface area (Å²) in [7, 11) is 1.55. The lowest BCUT2D eigenvalue weighted by atomic mass is 10.0. The van der Waals surface area contributed by atoms with Gasteiger partial charge in [-0.3, -0.25) is 9.13 Å². The van der Waals surface area contributed by atoms with Gasteiger partial charge in [-0.15, -0.1) is 0 Å². The number of halogens is 1. The van der Waals surface area contributed by atoms with Crippen LogP contribution in [-0.4, -0.2) is 40.3 Å². The summed E-state index contributed by atoms with van der Waals surface area (Å²) < 4.78 is 8.65. The van der Waals surface area contributed by atoms with Crippen LogP contribution in [0.5, 0.6) is 5.75 Å². The van der Waals surface area contributed by atoms with Gasteiger partial charge in [-0.05, 0) is 48.7 Å². The Labute approximate surface area is 184 Å². The number of methoxy groups -OCH3 is 1. The molecule has 4 rings (SSSR count). The van der Waals surface area contributed by atoms with Crippen LogP contribution in [0.25, 0.3) is 11.0 Å². The summed E-state index contributed by atoms with van der Waals surface area (Å²) in [6.07, 6.45) is 1.27. The number of nitrogens with zero attached hydrogens (tertiary/aromatic N) is 4. The molecule has 0 radical (unpaired) electrons. The van der Waals surface area contributed by atoms with Crippen LogP contribution in [0.3, 0.4) is 0 Å². The summed E-state index contributed by atoms with van der Waals surface area (Å²) in [5, 5.41) is 9.82. The van der Waals surface area contributed by atoms with Crippen LogP contribution >= 0.6 is 11.6 Å². The predicted molar refractivity (Wildman–Crippen MR) is 117 cm³/mol. The number of rotatable bonds is 4. The van der Waals surface area contributed by atoms with Gasteiger partial charge in [0.1, 0.15) is 5.75 Å². The van der Waals surface area contributed by atoms with Crippen molar-refractivity contribution < 1.29 is 9.53 Å². The SMILES string of the molecule is COc1ccc(Cn2c(=O)n(C3CCN(C(N)=O)CC3)c3ccc(C#N)cc32)cc1Cl. The van der Waals surface area contributed by atoms with Crippen molar-refractivity contribution in [2.24, 2.45) is 5.73 Å². The number of nitriles is 1. The summed E-state index contributed by atoms with van der Waals surface area (Å²) in [6.45, 7) is 1.31. The van der Waals surface area contributed by atoms with Crippen LogP contribution in [0.4, 0.5) is 4.79 Å². The molecule has 0 aliphatic carbocycles. The quantitative estimate of drug-likeness (QED) is 0.674. The van der Waals surface area contributed by atoms with E-state index in [4.69, 9.17) is 22.1 Å². The summed E-state index contributed by atoms with van der Waals surface area (Å²) >= 11 is 6.26. The number of urea groups is 1. The number of benzene rings is 2. The zero-order valence-electron chi connectivity index (χ0n) is 17.0. The third kappa shape index (κ3) is 3.84. The molecule has 160 valence electrons. The lowest BCUT2D eigenvalue weighted by molar-refractivity contribution is 0.180. The number of aromatic nitrogens is 2. The monoisotopic (exact) mass is 439 g/mol. The van der Waals surface area contributed by atoms with Gasteiger partial charge in [-0.25, -0.2) is 9.59 Å². The summed E-state index contributed by atoms with van der Waals surface area (Å²) in [5.41, 5.74) is 8.01. The highest BCUT2D eigenvalue weighted by molar-refractivity contribution is 6.32. The molecule has 31 heavy (non-hydrogen) atoms. The number of likely N-dealkylation sites (tertiary alicyclic amines) is 1. The Kier molecular flexibility index (Phi) is 5.61. The van der Waals surface area contributed by atoms with Crippen LogP contribution in [0, 0.1) is 11.3 Å². The van der Waals surface area contributed by atoms with Gasteiger partial charge in [0.15, 0.2) is 0 Å². The molecule has 0 unspecified atom stereocenters. The second-order valence-corrected chi connectivity index (χ2v) is 7.99. The molecule has 1 aliphatic heterocycles. The number of nitrogens with two attached hydrogens (primary N) is 1. The Hall–Kier alpha value is -3.44. The third-order valence-corrected chi connectivity index (χ3v) is 6.09. The number of ether oxygens (including phenoxy) is 1. The zero-order valence-corrected chi connectivity index (χ0v) is 17.8. The minimum atomic E-state index is -0.441. The van der Waals surface area contributed by atoms with Crippen molar-refractivity contribution in [2.45, 2.75) is 25.4 Å². The van der Waals surface area contributed by atoms with Gasteiger partial charge in [-0.1, -0.05) is 17.7 Å². The van der Waals surface area contributed by atoms with Gasteiger partial charge in [0.25, 0.3) is 0 Å². The van der Waals surface area contributed by atoms with Gasteiger partial charge in [0.05, 0.1) is 41.3 Å². The molecule has 2 amide bonds. The second-order valence-electron chi connectivity index (χ2n) is 7.58. The fourth-order valence-electron chi connectivity index (χ4n) is 4.19. The largest absolute Gasteiger partial charge is 0.495 e. The topological polar surface area (TPSA) is 106 Å². The number of hydrogen-bond acceptors (Lipinski definition) is 4. The van der Waals surface area contributed by atoms with Crippen molar-refractivity contribution >= 4 is 28.7 Å². The zero-order chi connectivity index (χ0) is 22.1. The number of imidazole rings is 1. The smallest absolute Gasteiger partial charge is 0.329 e. The Morgan fingerprint density at radius 1 is 1.23 bits per heavy atom. The van der Waals surface area contributed by atoms with E-state index in [1.165, 1.54) is 0 Å². The van der Waals surface area contributed by atoms with Crippen molar-refractivity contribution in [3.8, 4) is 11.8 Å². The lowest BCUT2D eigenvalue weighted by Gasteiger charge is -2.31. The Morgan fingerprint density at radius 3 is 2.58 bits per heavy atom. The van der Waals surface area contributed by atoms with Crippen molar-refractivity contribution in [1.29, 1.82) is 5.26 Å². The maximum Gasteiger partial charge on any atom is 0.329 e. The van der Waals surface area contributed by atoms with Gasteiger partial charge in [-0.2, -0.15) is 5.26 Å². The van der Waals surface area contributed by atoms with Crippen LogP contribution in [0.15, 0.2) is 41.2 Å². The number of carbonyl (C=O) groups is 1. The van der Waals surface area contributed by atoms with Crippen LogP contribution in [0.1, 0.15) is 30.0 Å². The lowest BCUT2D eigenvalue weighted by Crippen LogP contribution is -2.43. The first-order valence-electron chi connectivity index (χ1n) is 9.94. The number of carbonyl (C=O) groups excluding carboxylic acids is 1. The molecule has 1 aliphatic rings. The van der Waals surface area contributed by atoms with Crippen LogP contribution < -0.4 is 16.2 Å². The molecule has 0 saturated carbocycles. The number of primary amides is 1. The number of amides is 2. The first-order valence-corrected chi connectivity index (χ1v) is 10.3. The molecule has 0 atom stereocenters. The van der Waals surface area contributed by atoms with Gasteiger partial charge in [0, 0.05) is 19.1 Å². The minimum absolute atomic E-state index is 0.0563. The highest BCUT2D eigenvalue weighted by Crippen LogP contribution is 2.28. The molecule has 1 saturated heterocycles. The molecule has 0 bridgehead atoms. The molecule has 2 N–H and O–H groups in total. The predicted octanol–water partition coefficient (Wildman–Crippen LogP) is 3.10. The van der Waals surface area contributed by atoms with E-state index in [0.717, 1.165) is 11.1 Å². The molecule has 2 aromatic carbocycles. The van der Waals surface area contributed by atoms with E-state index in [2.05, 4.69) is 6.07 Å². The molecule has 8 nitrogen and oxygen atoms in total. The van der Waals surface area contributed by atoms with Gasteiger partial charge < -0.3 is 15.4 Å². The second kappa shape index (κ2) is 8.36. The third-order valence-electron chi connectivity index (χ3n) is 5.79. The summed E-state index contributed by atoms with van der Waals surface area (Å²) in [4.78, 5) is 26.5. The molecule has 1 aromatic heterocycles. The highest BCUT2D eigenvalue weighted by atomic mass is 35.5. The Balaban J connectivity index is 1.77. The van der Waals surface area contributed by atoms with E-state index in [1.54, 1.807) is 45.4 Å². The van der Waals surface area contributed by atoms with Crippen LogP contribution in [0.2, 0.25) is 5.02 Å². The van der Waals surface area contributed by atoms with E-state index < -0.39 is 6.03 Å². The van der Waals surface area contributed by atoms with Crippen molar-refractivity contribution in [3.63, 3.8) is 0 Å². The summed E-state index contributed by atoms with van der Waals surface area (Å²) in [5.74, 6) is 0.563. The number of fused-ring (bicyclic) bond motifs is 1. The normalized spacial score (nSPS) is 14.5. The van der Waals surface area contributed by atoms with Crippen LogP contribution in [-0.2, 0) is 6.54 Å². The standard InChI is InChI=1S/C22H22ClN5O3/c1-31-20-5-3-15(10-17(20)23)13-27-19-11-14(12-24)2-4-18(19)28(22(27)30)16-6-8-26(9-7-16)21(25)29/h2-5,10-11,16H,6-9,13H2,1H3,(H2,25,29). The molecule has 0 spiro atoms. The number of piperidine rings is 1. The first-order chi connectivity index (χ1) is 14.9. The molecule has 9 heteroatoms.